The summed E-state index contributed by atoms with van der Waals surface area (Å²) in [7, 11) is 2.35. The van der Waals surface area contributed by atoms with E-state index in [1.54, 1.807) is 0 Å². The summed E-state index contributed by atoms with van der Waals surface area (Å²) in [5, 5.41) is 14.9. The number of hydrogen-bond donors (Lipinski definition) is 2. The van der Waals surface area contributed by atoms with E-state index in [0.29, 0.717) is 5.01 Å². The molecule has 0 fully saturated rings. The molecule has 1 aliphatic rings. The highest BCUT2D eigenvalue weighted by Gasteiger charge is 2.42. The number of anilines is 1. The minimum atomic E-state index is -3.09. The Balaban J connectivity index is 1.81. The number of halogens is 6. The Morgan fingerprint density at radius 3 is 2.05 bits per heavy atom. The first kappa shape index (κ1) is 26.7. The maximum atomic E-state index is 15.1. The van der Waals surface area contributed by atoms with Gasteiger partial charge >= 0.3 is 6.61 Å². The van der Waals surface area contributed by atoms with E-state index in [-0.39, 0.29) is 17.1 Å². The number of carbonyl (C=O) groups is 1. The molecule has 3 aromatic rings. The van der Waals surface area contributed by atoms with Gasteiger partial charge in [0.2, 0.25) is 0 Å². The summed E-state index contributed by atoms with van der Waals surface area (Å²) in [6.07, 6.45) is -2.02. The van der Waals surface area contributed by atoms with Crippen LogP contribution >= 0.6 is 0 Å². The van der Waals surface area contributed by atoms with Crippen LogP contribution in [-0.4, -0.2) is 43.0 Å². The second-order valence-electron chi connectivity index (χ2n) is 7.90. The molecule has 4 rings (SSSR count). The van der Waals surface area contributed by atoms with Gasteiger partial charge in [0.25, 0.3) is 5.91 Å². The van der Waals surface area contributed by atoms with E-state index in [2.05, 4.69) is 10.1 Å². The maximum Gasteiger partial charge on any atom is 0.387 e. The molecule has 13 heteroatoms. The molecule has 1 amide bonds. The number of hydrazine groups is 1. The fourth-order valence-corrected chi connectivity index (χ4v) is 3.97. The molecule has 1 unspecified atom stereocenters. The molecule has 200 valence electrons. The number of nitrogens with one attached hydrogen (secondary N) is 1. The van der Waals surface area contributed by atoms with Gasteiger partial charge in [0.15, 0.2) is 17.9 Å². The smallest absolute Gasteiger partial charge is 0.387 e. The third-order valence-corrected chi connectivity index (χ3v) is 5.64. The van der Waals surface area contributed by atoms with Crippen molar-refractivity contribution in [1.82, 2.24) is 10.3 Å². The molecule has 0 saturated heterocycles. The van der Waals surface area contributed by atoms with Crippen molar-refractivity contribution < 1.29 is 45.7 Å². The summed E-state index contributed by atoms with van der Waals surface area (Å²) in [6, 6.07) is 9.01. The van der Waals surface area contributed by atoms with Crippen molar-refractivity contribution in [2.24, 2.45) is 0 Å². The van der Waals surface area contributed by atoms with Crippen LogP contribution in [0.15, 0.2) is 60.3 Å². The van der Waals surface area contributed by atoms with Gasteiger partial charge in [-0.05, 0) is 36.4 Å². The summed E-state index contributed by atoms with van der Waals surface area (Å²) in [5.74, 6) is -5.86. The molecular weight excluding hydrogens is 520 g/mol. The molecule has 1 atom stereocenters. The predicted octanol–water partition coefficient (Wildman–Crippen LogP) is 4.64. The zero-order chi connectivity index (χ0) is 27.7. The van der Waals surface area contributed by atoms with Crippen molar-refractivity contribution in [3.8, 4) is 11.5 Å². The summed E-state index contributed by atoms with van der Waals surface area (Å²) in [6.45, 7) is -3.09. The average Bonchev–Trinajstić information content (AvgIpc) is 3.08. The Kier molecular flexibility index (Phi) is 7.39. The normalized spacial score (nSPS) is 15.4. The van der Waals surface area contributed by atoms with E-state index in [1.165, 1.54) is 14.2 Å². The summed E-state index contributed by atoms with van der Waals surface area (Å²) >= 11 is 0. The van der Waals surface area contributed by atoms with Gasteiger partial charge < -0.3 is 19.9 Å². The van der Waals surface area contributed by atoms with Gasteiger partial charge in [-0.25, -0.2) is 22.6 Å². The Labute approximate surface area is 212 Å². The second kappa shape index (κ2) is 10.5. The van der Waals surface area contributed by atoms with Crippen LogP contribution in [0.2, 0.25) is 0 Å². The molecule has 0 saturated carbocycles. The third kappa shape index (κ3) is 4.92. The van der Waals surface area contributed by atoms with Crippen LogP contribution in [0.1, 0.15) is 15.9 Å². The lowest BCUT2D eigenvalue weighted by Gasteiger charge is -2.32. The van der Waals surface area contributed by atoms with E-state index in [1.807, 2.05) is 0 Å². The first-order chi connectivity index (χ1) is 18.0. The third-order valence-electron chi connectivity index (χ3n) is 5.64. The molecule has 3 aromatic carbocycles. The number of hydrogen-bond acceptors (Lipinski definition) is 6. The van der Waals surface area contributed by atoms with Crippen LogP contribution in [0.4, 0.5) is 32.0 Å². The molecular formula is C25H19F6N3O4. The highest BCUT2D eigenvalue weighted by Crippen LogP contribution is 2.40. The lowest BCUT2D eigenvalue weighted by atomic mass is 10.1. The van der Waals surface area contributed by atoms with Crippen molar-refractivity contribution in [2.75, 3.05) is 19.2 Å². The lowest BCUT2D eigenvalue weighted by molar-refractivity contribution is -0.0498. The van der Waals surface area contributed by atoms with Gasteiger partial charge in [0, 0.05) is 24.7 Å². The van der Waals surface area contributed by atoms with Crippen molar-refractivity contribution >= 4 is 17.3 Å². The van der Waals surface area contributed by atoms with Crippen molar-refractivity contribution in [3.05, 3.63) is 94.7 Å². The van der Waals surface area contributed by atoms with Crippen LogP contribution in [0.25, 0.3) is 5.70 Å². The first-order valence-electron chi connectivity index (χ1n) is 10.8. The molecule has 0 aliphatic carbocycles. The highest BCUT2D eigenvalue weighted by atomic mass is 19.3. The molecule has 1 heterocycles. The van der Waals surface area contributed by atoms with Gasteiger partial charge in [0.1, 0.15) is 28.8 Å². The quantitative estimate of drug-likeness (QED) is 0.427. The van der Waals surface area contributed by atoms with E-state index in [9.17, 15) is 27.5 Å². The van der Waals surface area contributed by atoms with Crippen LogP contribution in [0.3, 0.4) is 0 Å². The molecule has 38 heavy (non-hydrogen) atoms. The fourth-order valence-electron chi connectivity index (χ4n) is 3.97. The lowest BCUT2D eigenvalue weighted by Crippen LogP contribution is -2.43. The van der Waals surface area contributed by atoms with Crippen molar-refractivity contribution in [1.29, 1.82) is 0 Å². The molecule has 0 bridgehead atoms. The summed E-state index contributed by atoms with van der Waals surface area (Å²) < 4.78 is 93.4. The van der Waals surface area contributed by atoms with Crippen LogP contribution in [0, 0.1) is 23.3 Å². The van der Waals surface area contributed by atoms with Crippen molar-refractivity contribution in [3.63, 3.8) is 0 Å². The fraction of sp³-hybridized carbons (Fsp3) is 0.160. The van der Waals surface area contributed by atoms with E-state index < -0.39 is 64.7 Å². The van der Waals surface area contributed by atoms with Gasteiger partial charge in [-0.3, -0.25) is 9.80 Å². The number of rotatable bonds is 7. The van der Waals surface area contributed by atoms with Crippen LogP contribution in [0.5, 0.6) is 11.5 Å². The van der Waals surface area contributed by atoms with Crippen LogP contribution in [-0.2, 0) is 0 Å². The number of ether oxygens (including phenoxy) is 2. The number of aliphatic hydroxyl groups is 1. The van der Waals surface area contributed by atoms with Crippen LogP contribution < -0.4 is 19.8 Å². The van der Waals surface area contributed by atoms with Gasteiger partial charge in [-0.2, -0.15) is 8.78 Å². The Hall–Kier alpha value is -4.39. The zero-order valence-electron chi connectivity index (χ0n) is 19.7. The Morgan fingerprint density at radius 1 is 0.947 bits per heavy atom. The predicted molar refractivity (Wildman–Crippen MR) is 123 cm³/mol. The molecule has 2 N–H and O–H groups in total. The Morgan fingerprint density at radius 2 is 1.53 bits per heavy atom. The number of nitrogens with zero attached hydrogens (tertiary/aromatic N) is 2. The summed E-state index contributed by atoms with van der Waals surface area (Å²) in [5.41, 5.74) is -2.57. The standard InChI is InChI=1S/C25H19F6N3O4/c1-33-22(19-17(28)10-14(37-2)11-18(19)29)20(24(36)34(33)21-15(26)4-3-5-16(21)27)32-23(35)12-6-8-13(9-7-12)38-25(30)31/h3-11,24-25,36H,1-2H3,(H,32,35). The molecule has 1 aliphatic heterocycles. The molecule has 0 aromatic heterocycles. The number of alkyl halides is 2. The largest absolute Gasteiger partial charge is 0.497 e. The minimum absolute atomic E-state index is 0.112. The van der Waals surface area contributed by atoms with Gasteiger partial charge in [0.05, 0.1) is 24.1 Å². The number of benzene rings is 3. The first-order valence-corrected chi connectivity index (χ1v) is 10.8. The molecule has 0 radical (unpaired) electrons. The number of methoxy groups -OCH3 is 1. The highest BCUT2D eigenvalue weighted by molar-refractivity contribution is 5.97. The summed E-state index contributed by atoms with van der Waals surface area (Å²) in [4.78, 5) is 13.0. The SMILES string of the molecule is COc1cc(F)c(C2=C(NC(=O)c3ccc(OC(F)F)cc3)C(O)N(c3c(F)cccc3F)N2C)c(F)c1. The zero-order valence-corrected chi connectivity index (χ0v) is 19.7. The maximum absolute atomic E-state index is 15.1. The molecule has 7 nitrogen and oxygen atoms in total. The van der Waals surface area contributed by atoms with E-state index in [4.69, 9.17) is 4.74 Å². The molecule has 0 spiro atoms. The average molecular weight is 539 g/mol. The Bertz CT molecular complexity index is 1360. The number of para-hydroxylation sites is 1. The number of amides is 1. The number of aliphatic hydroxyl groups excluding tert-OH is 1. The van der Waals surface area contributed by atoms with Gasteiger partial charge in [-0.15, -0.1) is 0 Å². The minimum Gasteiger partial charge on any atom is -0.497 e. The van der Waals surface area contributed by atoms with Gasteiger partial charge in [-0.1, -0.05) is 6.07 Å². The monoisotopic (exact) mass is 539 g/mol. The second-order valence-corrected chi connectivity index (χ2v) is 7.90. The number of carbonyl (C=O) groups excluding carboxylic acids is 1. The van der Waals surface area contributed by atoms with Crippen molar-refractivity contribution in [2.45, 2.75) is 12.8 Å². The van der Waals surface area contributed by atoms with E-state index >= 15 is 8.78 Å². The topological polar surface area (TPSA) is 74.3 Å². The van der Waals surface area contributed by atoms with E-state index in [0.717, 1.165) is 59.6 Å².